The van der Waals surface area contributed by atoms with E-state index in [1.807, 2.05) is 6.92 Å². The summed E-state index contributed by atoms with van der Waals surface area (Å²) in [5.41, 5.74) is -0.889. The molecule has 1 N–H and O–H groups in total. The number of benzene rings is 1. The first-order valence-electron chi connectivity index (χ1n) is 10.2. The van der Waals surface area contributed by atoms with Gasteiger partial charge in [-0.15, -0.1) is 0 Å². The highest BCUT2D eigenvalue weighted by Gasteiger charge is 2.38. The van der Waals surface area contributed by atoms with Crippen molar-refractivity contribution < 1.29 is 31.9 Å². The van der Waals surface area contributed by atoms with E-state index in [0.717, 1.165) is 5.75 Å². The molecular formula is C22H23ClF3N3O4. The van der Waals surface area contributed by atoms with Crippen LogP contribution in [0, 0.1) is 6.92 Å². The standard InChI is InChI=1S/C22H23ClF3N3O4/c1-3-31-15-5-7-16(8-6-15)32-13-17-9-10-18(33-17)21(30)27-11-4-12-29-14(2)19(23)20(28-29)22(24,25)26/h5-10H,3-4,11-13H2,1-2H3,(H,27,30). The molecule has 33 heavy (non-hydrogen) atoms. The van der Waals surface area contributed by atoms with Gasteiger partial charge in [0, 0.05) is 13.1 Å². The second kappa shape index (κ2) is 10.7. The summed E-state index contributed by atoms with van der Waals surface area (Å²) in [4.78, 5) is 12.2. The Kier molecular flexibility index (Phi) is 7.91. The zero-order chi connectivity index (χ0) is 24.0. The molecule has 0 saturated heterocycles. The van der Waals surface area contributed by atoms with Crippen molar-refractivity contribution in [1.82, 2.24) is 15.1 Å². The normalized spacial score (nSPS) is 11.5. The molecule has 11 heteroatoms. The van der Waals surface area contributed by atoms with Crippen LogP contribution in [0.5, 0.6) is 11.5 Å². The minimum absolute atomic E-state index is 0.109. The molecule has 0 unspecified atom stereocenters. The van der Waals surface area contributed by atoms with Gasteiger partial charge in [-0.2, -0.15) is 18.3 Å². The van der Waals surface area contributed by atoms with Crippen LogP contribution in [0.3, 0.4) is 0 Å². The number of halogens is 4. The third kappa shape index (κ3) is 6.44. The van der Waals surface area contributed by atoms with Gasteiger partial charge in [-0.05, 0) is 56.7 Å². The maximum atomic E-state index is 12.9. The molecule has 0 spiro atoms. The van der Waals surface area contributed by atoms with Gasteiger partial charge in [-0.25, -0.2) is 0 Å². The number of furan rings is 1. The third-order valence-corrected chi connectivity index (χ3v) is 5.09. The first kappa shape index (κ1) is 24.5. The Balaban J connectivity index is 1.44. The van der Waals surface area contributed by atoms with Gasteiger partial charge in [0.25, 0.3) is 5.91 Å². The molecule has 0 aliphatic heterocycles. The maximum absolute atomic E-state index is 12.9. The summed E-state index contributed by atoms with van der Waals surface area (Å²) in [6, 6.07) is 10.3. The second-order valence-corrected chi connectivity index (χ2v) is 7.42. The molecule has 0 aliphatic carbocycles. The van der Waals surface area contributed by atoms with Crippen LogP contribution in [0.4, 0.5) is 13.2 Å². The summed E-state index contributed by atoms with van der Waals surface area (Å²) in [5.74, 6) is 1.51. The van der Waals surface area contributed by atoms with Gasteiger partial charge in [0.05, 0.1) is 17.3 Å². The predicted molar refractivity (Wildman–Crippen MR) is 115 cm³/mol. The van der Waals surface area contributed by atoms with Crippen molar-refractivity contribution in [3.8, 4) is 11.5 Å². The van der Waals surface area contributed by atoms with Crippen LogP contribution in [-0.4, -0.2) is 28.8 Å². The Labute approximate surface area is 193 Å². The van der Waals surface area contributed by atoms with Crippen LogP contribution in [-0.2, 0) is 19.3 Å². The summed E-state index contributed by atoms with van der Waals surface area (Å²) in [5, 5.41) is 5.77. The lowest BCUT2D eigenvalue weighted by atomic mass is 10.3. The Morgan fingerprint density at radius 3 is 2.42 bits per heavy atom. The molecule has 178 valence electrons. The molecule has 0 fully saturated rings. The molecule has 2 aromatic heterocycles. The van der Waals surface area contributed by atoms with Gasteiger partial charge in [-0.3, -0.25) is 9.48 Å². The van der Waals surface area contributed by atoms with Crippen molar-refractivity contribution in [3.05, 3.63) is 64.3 Å². The molecule has 0 bridgehead atoms. The summed E-state index contributed by atoms with van der Waals surface area (Å²) < 4.78 is 56.3. The highest BCUT2D eigenvalue weighted by Crippen LogP contribution is 2.35. The van der Waals surface area contributed by atoms with Crippen LogP contribution in [0.1, 0.15) is 41.0 Å². The molecule has 0 aliphatic rings. The van der Waals surface area contributed by atoms with Crippen molar-refractivity contribution in [2.45, 2.75) is 39.6 Å². The molecule has 0 radical (unpaired) electrons. The Hall–Kier alpha value is -3.14. The summed E-state index contributed by atoms with van der Waals surface area (Å²) in [6.07, 6.45) is -4.26. The summed E-state index contributed by atoms with van der Waals surface area (Å²) in [7, 11) is 0. The van der Waals surface area contributed by atoms with E-state index in [2.05, 4.69) is 10.4 Å². The number of amides is 1. The lowest BCUT2D eigenvalue weighted by Crippen LogP contribution is -2.25. The number of aryl methyl sites for hydroxylation is 1. The smallest absolute Gasteiger partial charge is 0.436 e. The number of nitrogens with zero attached hydrogens (tertiary/aromatic N) is 2. The maximum Gasteiger partial charge on any atom is 0.436 e. The van der Waals surface area contributed by atoms with E-state index < -0.39 is 22.8 Å². The Morgan fingerprint density at radius 1 is 1.15 bits per heavy atom. The molecule has 1 aromatic carbocycles. The van der Waals surface area contributed by atoms with Crippen molar-refractivity contribution >= 4 is 17.5 Å². The van der Waals surface area contributed by atoms with E-state index in [1.54, 1.807) is 30.3 Å². The summed E-state index contributed by atoms with van der Waals surface area (Å²) >= 11 is 5.73. The van der Waals surface area contributed by atoms with E-state index in [9.17, 15) is 18.0 Å². The Morgan fingerprint density at radius 2 is 1.82 bits per heavy atom. The number of rotatable bonds is 10. The average Bonchev–Trinajstić information content (AvgIpc) is 3.36. The van der Waals surface area contributed by atoms with Gasteiger partial charge in [0.1, 0.15) is 23.9 Å². The number of hydrogen-bond donors (Lipinski definition) is 1. The molecule has 0 atom stereocenters. The molecule has 7 nitrogen and oxygen atoms in total. The van der Waals surface area contributed by atoms with E-state index in [4.69, 9.17) is 25.5 Å². The highest BCUT2D eigenvalue weighted by atomic mass is 35.5. The number of carbonyl (C=O) groups excluding carboxylic acids is 1. The first-order valence-corrected chi connectivity index (χ1v) is 10.6. The lowest BCUT2D eigenvalue weighted by Gasteiger charge is -2.07. The van der Waals surface area contributed by atoms with Gasteiger partial charge < -0.3 is 19.2 Å². The van der Waals surface area contributed by atoms with Gasteiger partial charge in [0.2, 0.25) is 0 Å². The van der Waals surface area contributed by atoms with Crippen LogP contribution in [0.2, 0.25) is 5.02 Å². The minimum atomic E-state index is -4.62. The Bertz CT molecular complexity index is 1080. The SMILES string of the molecule is CCOc1ccc(OCc2ccc(C(=O)NCCCn3nc(C(F)(F)F)c(Cl)c3C)o2)cc1. The fraction of sp³-hybridized carbons (Fsp3) is 0.364. The van der Waals surface area contributed by atoms with Crippen LogP contribution in [0.25, 0.3) is 0 Å². The van der Waals surface area contributed by atoms with Crippen LogP contribution >= 0.6 is 11.6 Å². The molecule has 3 aromatic rings. The fourth-order valence-electron chi connectivity index (χ4n) is 2.97. The predicted octanol–water partition coefficient (Wildman–Crippen LogP) is 5.25. The number of ether oxygens (including phenoxy) is 2. The number of aromatic nitrogens is 2. The number of hydrogen-bond acceptors (Lipinski definition) is 5. The quantitative estimate of drug-likeness (QED) is 0.397. The monoisotopic (exact) mass is 485 g/mol. The fourth-order valence-corrected chi connectivity index (χ4v) is 3.21. The number of alkyl halides is 3. The van der Waals surface area contributed by atoms with Crippen molar-refractivity contribution in [1.29, 1.82) is 0 Å². The van der Waals surface area contributed by atoms with Gasteiger partial charge in [0.15, 0.2) is 11.5 Å². The molecule has 2 heterocycles. The van der Waals surface area contributed by atoms with E-state index in [1.165, 1.54) is 17.7 Å². The van der Waals surface area contributed by atoms with Gasteiger partial charge >= 0.3 is 6.18 Å². The first-order chi connectivity index (χ1) is 15.7. The topological polar surface area (TPSA) is 78.5 Å². The molecule has 0 saturated carbocycles. The van der Waals surface area contributed by atoms with Crippen LogP contribution in [0.15, 0.2) is 40.8 Å². The van der Waals surface area contributed by atoms with Crippen molar-refractivity contribution in [3.63, 3.8) is 0 Å². The minimum Gasteiger partial charge on any atom is -0.494 e. The number of nitrogens with one attached hydrogen (secondary N) is 1. The molecule has 3 rings (SSSR count). The zero-order valence-corrected chi connectivity index (χ0v) is 18.8. The average molecular weight is 486 g/mol. The van der Waals surface area contributed by atoms with E-state index in [0.29, 0.717) is 24.5 Å². The van der Waals surface area contributed by atoms with E-state index >= 15 is 0 Å². The van der Waals surface area contributed by atoms with Crippen molar-refractivity contribution in [2.75, 3.05) is 13.2 Å². The van der Waals surface area contributed by atoms with Gasteiger partial charge in [-0.1, -0.05) is 11.6 Å². The second-order valence-electron chi connectivity index (χ2n) is 7.04. The van der Waals surface area contributed by atoms with E-state index in [-0.39, 0.29) is 31.2 Å². The largest absolute Gasteiger partial charge is 0.494 e. The van der Waals surface area contributed by atoms with Crippen LogP contribution < -0.4 is 14.8 Å². The lowest BCUT2D eigenvalue weighted by molar-refractivity contribution is -0.141. The number of carbonyl (C=O) groups is 1. The summed E-state index contributed by atoms with van der Waals surface area (Å²) in [6.45, 7) is 4.47. The molecular weight excluding hydrogens is 463 g/mol. The third-order valence-electron chi connectivity index (χ3n) is 4.64. The molecule has 1 amide bonds. The highest BCUT2D eigenvalue weighted by molar-refractivity contribution is 6.31. The van der Waals surface area contributed by atoms with Crippen molar-refractivity contribution in [2.24, 2.45) is 0 Å². The zero-order valence-electron chi connectivity index (χ0n) is 18.0.